The second kappa shape index (κ2) is 11.0. The molecule has 0 heterocycles. The van der Waals surface area contributed by atoms with Gasteiger partial charge >= 0.3 is 0 Å². The van der Waals surface area contributed by atoms with E-state index >= 15 is 0 Å². The minimum Gasteiger partial charge on any atom is -0.395 e. The molecule has 1 aromatic rings. The Bertz CT molecular complexity index is 402. The summed E-state index contributed by atoms with van der Waals surface area (Å²) in [4.78, 5) is 2.23. The number of aliphatic hydroxyl groups excluding tert-OH is 1. The molecule has 0 atom stereocenters. The highest BCUT2D eigenvalue weighted by Crippen LogP contribution is 2.27. The highest BCUT2D eigenvalue weighted by Gasteiger charge is 2.10. The third-order valence-corrected chi connectivity index (χ3v) is 3.95. The van der Waals surface area contributed by atoms with Crippen LogP contribution in [0.3, 0.4) is 0 Å². The van der Waals surface area contributed by atoms with Gasteiger partial charge in [-0.2, -0.15) is 0 Å². The minimum absolute atomic E-state index is 0.177. The van der Waals surface area contributed by atoms with E-state index < -0.39 is 0 Å². The molecule has 5 heteroatoms. The van der Waals surface area contributed by atoms with Gasteiger partial charge in [-0.1, -0.05) is 19.4 Å². The number of unbranched alkanes of at least 4 members (excludes halogenated alkanes) is 1. The number of aliphatic hydroxyl groups is 1. The van der Waals surface area contributed by atoms with Crippen molar-refractivity contribution in [3.05, 3.63) is 28.2 Å². The van der Waals surface area contributed by atoms with E-state index in [9.17, 15) is 5.11 Å². The standard InChI is InChI=1S/C16H27BrN2O2/c1-3-4-8-19(9-10-20)16-6-5-14(12-15(16)17)13-18-7-11-21-2/h5-6,12,18,20H,3-4,7-11,13H2,1-2H3. The van der Waals surface area contributed by atoms with Crippen molar-refractivity contribution in [2.45, 2.75) is 26.3 Å². The molecule has 1 rings (SSSR count). The van der Waals surface area contributed by atoms with Crippen LogP contribution in [-0.2, 0) is 11.3 Å². The molecule has 0 radical (unpaired) electrons. The van der Waals surface area contributed by atoms with Crippen LogP contribution in [0.25, 0.3) is 0 Å². The fraction of sp³-hybridized carbons (Fsp3) is 0.625. The molecule has 0 aliphatic heterocycles. The van der Waals surface area contributed by atoms with Gasteiger partial charge in [0, 0.05) is 37.8 Å². The van der Waals surface area contributed by atoms with E-state index in [0.717, 1.165) is 49.2 Å². The zero-order valence-electron chi connectivity index (χ0n) is 13.1. The number of ether oxygens (including phenoxy) is 1. The quantitative estimate of drug-likeness (QED) is 0.597. The van der Waals surface area contributed by atoms with Gasteiger partial charge in [0.15, 0.2) is 0 Å². The van der Waals surface area contributed by atoms with Gasteiger partial charge in [0.1, 0.15) is 0 Å². The van der Waals surface area contributed by atoms with Crippen LogP contribution in [0, 0.1) is 0 Å². The van der Waals surface area contributed by atoms with E-state index in [-0.39, 0.29) is 6.61 Å². The predicted molar refractivity (Wildman–Crippen MR) is 91.9 cm³/mol. The Kier molecular flexibility index (Phi) is 9.67. The van der Waals surface area contributed by atoms with E-state index in [4.69, 9.17) is 4.74 Å². The van der Waals surface area contributed by atoms with Crippen molar-refractivity contribution in [3.8, 4) is 0 Å². The number of rotatable bonds is 11. The molecule has 120 valence electrons. The normalized spacial score (nSPS) is 10.9. The Labute approximate surface area is 136 Å². The molecule has 0 amide bonds. The van der Waals surface area contributed by atoms with Crippen molar-refractivity contribution in [2.75, 3.05) is 44.9 Å². The van der Waals surface area contributed by atoms with Crippen molar-refractivity contribution in [1.29, 1.82) is 0 Å². The van der Waals surface area contributed by atoms with Crippen LogP contribution in [-0.4, -0.2) is 45.1 Å². The molecular formula is C16H27BrN2O2. The lowest BCUT2D eigenvalue weighted by molar-refractivity contribution is 0.199. The van der Waals surface area contributed by atoms with E-state index in [2.05, 4.69) is 51.3 Å². The van der Waals surface area contributed by atoms with E-state index in [1.54, 1.807) is 7.11 Å². The average Bonchev–Trinajstić information content (AvgIpc) is 2.48. The van der Waals surface area contributed by atoms with Crippen LogP contribution in [0.4, 0.5) is 5.69 Å². The Hall–Kier alpha value is -0.620. The molecule has 2 N–H and O–H groups in total. The maximum atomic E-state index is 9.23. The smallest absolute Gasteiger partial charge is 0.0606 e. The molecule has 0 aliphatic rings. The zero-order valence-corrected chi connectivity index (χ0v) is 14.7. The topological polar surface area (TPSA) is 44.7 Å². The number of anilines is 1. The van der Waals surface area contributed by atoms with Gasteiger partial charge in [0.2, 0.25) is 0 Å². The van der Waals surface area contributed by atoms with Crippen molar-refractivity contribution >= 4 is 21.6 Å². The summed E-state index contributed by atoms with van der Waals surface area (Å²) in [6.07, 6.45) is 2.29. The summed E-state index contributed by atoms with van der Waals surface area (Å²) >= 11 is 3.66. The largest absolute Gasteiger partial charge is 0.395 e. The molecule has 0 saturated heterocycles. The van der Waals surface area contributed by atoms with Crippen LogP contribution < -0.4 is 10.2 Å². The highest BCUT2D eigenvalue weighted by molar-refractivity contribution is 9.10. The first-order chi connectivity index (χ1) is 10.2. The molecule has 0 fully saturated rings. The first kappa shape index (κ1) is 18.4. The average molecular weight is 359 g/mol. The highest BCUT2D eigenvalue weighted by atomic mass is 79.9. The number of methoxy groups -OCH3 is 1. The van der Waals surface area contributed by atoms with E-state index in [1.165, 1.54) is 5.56 Å². The van der Waals surface area contributed by atoms with Crippen molar-refractivity contribution < 1.29 is 9.84 Å². The monoisotopic (exact) mass is 358 g/mol. The number of nitrogens with one attached hydrogen (secondary N) is 1. The summed E-state index contributed by atoms with van der Waals surface area (Å²) in [6.45, 7) is 6.41. The van der Waals surface area contributed by atoms with Crippen LogP contribution in [0.5, 0.6) is 0 Å². The molecule has 0 unspecified atom stereocenters. The summed E-state index contributed by atoms with van der Waals surface area (Å²) in [5.41, 5.74) is 2.39. The van der Waals surface area contributed by atoms with Crippen LogP contribution in [0.15, 0.2) is 22.7 Å². The number of hydrogen-bond donors (Lipinski definition) is 2. The van der Waals surface area contributed by atoms with Crippen molar-refractivity contribution in [3.63, 3.8) is 0 Å². The number of benzene rings is 1. The van der Waals surface area contributed by atoms with Gasteiger partial charge in [0.25, 0.3) is 0 Å². The second-order valence-electron chi connectivity index (χ2n) is 5.02. The first-order valence-electron chi connectivity index (χ1n) is 7.56. The van der Waals surface area contributed by atoms with Gasteiger partial charge in [-0.05, 0) is 40.0 Å². The Morgan fingerprint density at radius 1 is 1.33 bits per heavy atom. The predicted octanol–water partition coefficient (Wildman–Crippen LogP) is 2.78. The fourth-order valence-electron chi connectivity index (χ4n) is 2.15. The van der Waals surface area contributed by atoms with Crippen LogP contribution in [0.1, 0.15) is 25.3 Å². The third kappa shape index (κ3) is 6.78. The van der Waals surface area contributed by atoms with Gasteiger partial charge in [-0.3, -0.25) is 0 Å². The molecule has 21 heavy (non-hydrogen) atoms. The Morgan fingerprint density at radius 3 is 2.76 bits per heavy atom. The minimum atomic E-state index is 0.177. The summed E-state index contributed by atoms with van der Waals surface area (Å²) in [5, 5.41) is 12.6. The lowest BCUT2D eigenvalue weighted by Crippen LogP contribution is -2.28. The molecule has 1 aromatic carbocycles. The van der Waals surface area contributed by atoms with Crippen molar-refractivity contribution in [2.24, 2.45) is 0 Å². The molecule has 4 nitrogen and oxygen atoms in total. The molecule has 0 spiro atoms. The maximum absolute atomic E-state index is 9.23. The summed E-state index contributed by atoms with van der Waals surface area (Å²) in [6, 6.07) is 6.41. The van der Waals surface area contributed by atoms with E-state index in [1.807, 2.05) is 0 Å². The number of halogens is 1. The van der Waals surface area contributed by atoms with Crippen LogP contribution >= 0.6 is 15.9 Å². The number of hydrogen-bond acceptors (Lipinski definition) is 4. The molecule has 0 bridgehead atoms. The first-order valence-corrected chi connectivity index (χ1v) is 8.36. The van der Waals surface area contributed by atoms with Gasteiger partial charge < -0.3 is 20.1 Å². The Balaban J connectivity index is 2.65. The third-order valence-electron chi connectivity index (χ3n) is 3.32. The summed E-state index contributed by atoms with van der Waals surface area (Å²) in [7, 11) is 1.71. The lowest BCUT2D eigenvalue weighted by Gasteiger charge is -2.25. The zero-order chi connectivity index (χ0) is 15.5. The lowest BCUT2D eigenvalue weighted by atomic mass is 10.2. The molecule has 0 saturated carbocycles. The molecule has 0 aromatic heterocycles. The second-order valence-corrected chi connectivity index (χ2v) is 5.87. The SMILES string of the molecule is CCCCN(CCO)c1ccc(CNCCOC)cc1Br. The Morgan fingerprint density at radius 2 is 2.14 bits per heavy atom. The molecule has 0 aliphatic carbocycles. The number of nitrogens with zero attached hydrogens (tertiary/aromatic N) is 1. The molecular weight excluding hydrogens is 332 g/mol. The summed E-state index contributed by atoms with van der Waals surface area (Å²) < 4.78 is 6.10. The van der Waals surface area contributed by atoms with Crippen LogP contribution in [0.2, 0.25) is 0 Å². The van der Waals surface area contributed by atoms with Gasteiger partial charge in [-0.25, -0.2) is 0 Å². The van der Waals surface area contributed by atoms with E-state index in [0.29, 0.717) is 6.54 Å². The van der Waals surface area contributed by atoms with Crippen molar-refractivity contribution in [1.82, 2.24) is 5.32 Å². The van der Waals surface area contributed by atoms with Gasteiger partial charge in [0.05, 0.1) is 18.9 Å². The maximum Gasteiger partial charge on any atom is 0.0606 e. The van der Waals surface area contributed by atoms with Gasteiger partial charge in [-0.15, -0.1) is 0 Å². The summed E-state index contributed by atoms with van der Waals surface area (Å²) in [5.74, 6) is 0. The fourth-order valence-corrected chi connectivity index (χ4v) is 2.82.